The van der Waals surface area contributed by atoms with Crippen LogP contribution >= 0.6 is 11.6 Å². The van der Waals surface area contributed by atoms with Crippen molar-refractivity contribution in [3.63, 3.8) is 0 Å². The molecule has 0 saturated carbocycles. The summed E-state index contributed by atoms with van der Waals surface area (Å²) < 4.78 is 12.9. The predicted octanol–water partition coefficient (Wildman–Crippen LogP) is 2.40. The molecule has 0 aliphatic carbocycles. The smallest absolute Gasteiger partial charge is 0.124 e. The third-order valence-electron chi connectivity index (χ3n) is 2.95. The van der Waals surface area contributed by atoms with Crippen LogP contribution in [0.4, 0.5) is 4.39 Å². The molecule has 88 valence electrons. The molecule has 1 heterocycles. The Balaban J connectivity index is 2.02. The van der Waals surface area contributed by atoms with E-state index in [9.17, 15) is 4.39 Å². The monoisotopic (exact) mass is 242 g/mol. The molecule has 16 heavy (non-hydrogen) atoms. The van der Waals surface area contributed by atoms with Gasteiger partial charge in [-0.05, 0) is 37.1 Å². The highest BCUT2D eigenvalue weighted by Crippen LogP contribution is 2.20. The zero-order valence-corrected chi connectivity index (χ0v) is 9.88. The van der Waals surface area contributed by atoms with Crippen LogP contribution in [0.3, 0.4) is 0 Å². The standard InChI is InChI=1S/C12H16ClFN2/c13-12-6-10(14)4-3-9(12)7-16-5-1-2-11(15)8-16/h3-4,6,11H,1-2,5,7-8,15H2/t11-/m1/s1. The molecule has 0 bridgehead atoms. The van der Waals surface area contributed by atoms with Gasteiger partial charge in [0.2, 0.25) is 0 Å². The fourth-order valence-corrected chi connectivity index (χ4v) is 2.35. The van der Waals surface area contributed by atoms with Gasteiger partial charge < -0.3 is 5.73 Å². The summed E-state index contributed by atoms with van der Waals surface area (Å²) in [5.41, 5.74) is 6.88. The predicted molar refractivity (Wildman–Crippen MR) is 63.9 cm³/mol. The van der Waals surface area contributed by atoms with Crippen LogP contribution in [0.1, 0.15) is 18.4 Å². The van der Waals surface area contributed by atoms with Crippen LogP contribution in [0.2, 0.25) is 5.02 Å². The molecular weight excluding hydrogens is 227 g/mol. The Morgan fingerprint density at radius 1 is 1.50 bits per heavy atom. The van der Waals surface area contributed by atoms with Crippen LogP contribution in [0.5, 0.6) is 0 Å². The number of rotatable bonds is 2. The van der Waals surface area contributed by atoms with E-state index < -0.39 is 0 Å². The minimum absolute atomic E-state index is 0.257. The summed E-state index contributed by atoms with van der Waals surface area (Å²) in [6.45, 7) is 2.70. The van der Waals surface area contributed by atoms with Crippen LogP contribution in [0.15, 0.2) is 18.2 Å². The van der Waals surface area contributed by atoms with E-state index in [2.05, 4.69) is 4.90 Å². The molecule has 2 N–H and O–H groups in total. The molecule has 4 heteroatoms. The zero-order chi connectivity index (χ0) is 11.5. The molecule has 0 aromatic heterocycles. The second-order valence-electron chi connectivity index (χ2n) is 4.37. The lowest BCUT2D eigenvalue weighted by molar-refractivity contribution is 0.201. The van der Waals surface area contributed by atoms with E-state index in [-0.39, 0.29) is 11.9 Å². The number of hydrogen-bond donors (Lipinski definition) is 1. The maximum Gasteiger partial charge on any atom is 0.124 e. The first kappa shape index (κ1) is 11.8. The van der Waals surface area contributed by atoms with E-state index in [4.69, 9.17) is 17.3 Å². The molecule has 1 aliphatic heterocycles. The second-order valence-corrected chi connectivity index (χ2v) is 4.78. The summed E-state index contributed by atoms with van der Waals surface area (Å²) in [5, 5.41) is 0.499. The molecule has 0 spiro atoms. The van der Waals surface area contributed by atoms with E-state index in [1.807, 2.05) is 0 Å². The first-order valence-corrected chi connectivity index (χ1v) is 5.95. The first-order valence-electron chi connectivity index (χ1n) is 5.57. The molecule has 0 unspecified atom stereocenters. The lowest BCUT2D eigenvalue weighted by Gasteiger charge is -2.30. The summed E-state index contributed by atoms with van der Waals surface area (Å²) in [5.74, 6) is -0.288. The van der Waals surface area contributed by atoms with Gasteiger partial charge >= 0.3 is 0 Å². The Kier molecular flexibility index (Phi) is 3.79. The van der Waals surface area contributed by atoms with Crippen molar-refractivity contribution in [2.45, 2.75) is 25.4 Å². The van der Waals surface area contributed by atoms with Gasteiger partial charge in [0.15, 0.2) is 0 Å². The SMILES string of the molecule is N[C@@H]1CCCN(Cc2ccc(F)cc2Cl)C1. The summed E-state index contributed by atoms with van der Waals surface area (Å²) in [6, 6.07) is 4.82. The van der Waals surface area contributed by atoms with Gasteiger partial charge in [0, 0.05) is 24.2 Å². The Hall–Kier alpha value is -0.640. The van der Waals surface area contributed by atoms with Crippen molar-refractivity contribution in [3.05, 3.63) is 34.6 Å². The first-order chi connectivity index (χ1) is 7.65. The average molecular weight is 243 g/mol. The zero-order valence-electron chi connectivity index (χ0n) is 9.13. The Bertz CT molecular complexity index is 370. The summed E-state index contributed by atoms with van der Waals surface area (Å²) in [6.07, 6.45) is 2.22. The molecule has 1 aromatic carbocycles. The minimum Gasteiger partial charge on any atom is -0.327 e. The number of benzene rings is 1. The van der Waals surface area contributed by atoms with E-state index in [0.717, 1.165) is 38.0 Å². The van der Waals surface area contributed by atoms with Crippen molar-refractivity contribution in [2.75, 3.05) is 13.1 Å². The Morgan fingerprint density at radius 2 is 2.31 bits per heavy atom. The van der Waals surface area contributed by atoms with Crippen LogP contribution in [0, 0.1) is 5.82 Å². The van der Waals surface area contributed by atoms with Crippen molar-refractivity contribution in [2.24, 2.45) is 5.73 Å². The van der Waals surface area contributed by atoms with E-state index >= 15 is 0 Å². The quantitative estimate of drug-likeness (QED) is 0.863. The fourth-order valence-electron chi connectivity index (χ4n) is 2.13. The highest BCUT2D eigenvalue weighted by molar-refractivity contribution is 6.31. The highest BCUT2D eigenvalue weighted by atomic mass is 35.5. The van der Waals surface area contributed by atoms with Gasteiger partial charge in [0.1, 0.15) is 5.82 Å². The van der Waals surface area contributed by atoms with Crippen molar-refractivity contribution in [1.29, 1.82) is 0 Å². The van der Waals surface area contributed by atoms with E-state index in [1.165, 1.54) is 12.1 Å². The lowest BCUT2D eigenvalue weighted by Crippen LogP contribution is -2.42. The third-order valence-corrected chi connectivity index (χ3v) is 3.30. The molecule has 1 fully saturated rings. The van der Waals surface area contributed by atoms with Gasteiger partial charge in [0.25, 0.3) is 0 Å². The number of hydrogen-bond acceptors (Lipinski definition) is 2. The minimum atomic E-state index is -0.288. The van der Waals surface area contributed by atoms with Crippen LogP contribution in [-0.2, 0) is 6.54 Å². The highest BCUT2D eigenvalue weighted by Gasteiger charge is 2.17. The van der Waals surface area contributed by atoms with Crippen LogP contribution in [-0.4, -0.2) is 24.0 Å². The third kappa shape index (κ3) is 2.94. The largest absolute Gasteiger partial charge is 0.327 e. The molecule has 0 amide bonds. The molecule has 1 aromatic rings. The number of nitrogens with two attached hydrogens (primary N) is 1. The van der Waals surface area contributed by atoms with Crippen LogP contribution in [0.25, 0.3) is 0 Å². The average Bonchev–Trinajstić information content (AvgIpc) is 2.22. The molecule has 2 rings (SSSR count). The number of halogens is 2. The van der Waals surface area contributed by atoms with Crippen molar-refractivity contribution in [1.82, 2.24) is 4.90 Å². The topological polar surface area (TPSA) is 29.3 Å². The molecule has 1 atom stereocenters. The summed E-state index contributed by atoms with van der Waals surface area (Å²) >= 11 is 5.99. The van der Waals surface area contributed by atoms with Crippen molar-refractivity contribution < 1.29 is 4.39 Å². The van der Waals surface area contributed by atoms with E-state index in [1.54, 1.807) is 6.07 Å². The number of nitrogens with zero attached hydrogens (tertiary/aromatic N) is 1. The van der Waals surface area contributed by atoms with Crippen LogP contribution < -0.4 is 5.73 Å². The van der Waals surface area contributed by atoms with Crippen molar-refractivity contribution >= 4 is 11.6 Å². The Morgan fingerprint density at radius 3 is 3.00 bits per heavy atom. The summed E-state index contributed by atoms with van der Waals surface area (Å²) in [4.78, 5) is 2.27. The number of likely N-dealkylation sites (tertiary alicyclic amines) is 1. The van der Waals surface area contributed by atoms with Gasteiger partial charge in [-0.15, -0.1) is 0 Å². The van der Waals surface area contributed by atoms with E-state index in [0.29, 0.717) is 5.02 Å². The van der Waals surface area contributed by atoms with Gasteiger partial charge in [-0.2, -0.15) is 0 Å². The molecule has 1 saturated heterocycles. The molecule has 2 nitrogen and oxygen atoms in total. The van der Waals surface area contributed by atoms with Gasteiger partial charge in [-0.1, -0.05) is 17.7 Å². The lowest BCUT2D eigenvalue weighted by atomic mass is 10.1. The maximum absolute atomic E-state index is 12.9. The molecule has 0 radical (unpaired) electrons. The van der Waals surface area contributed by atoms with Gasteiger partial charge in [-0.3, -0.25) is 4.90 Å². The maximum atomic E-state index is 12.9. The number of piperidine rings is 1. The normalized spacial score (nSPS) is 22.3. The van der Waals surface area contributed by atoms with Gasteiger partial charge in [0.05, 0.1) is 0 Å². The summed E-state index contributed by atoms with van der Waals surface area (Å²) in [7, 11) is 0. The molecule has 1 aliphatic rings. The van der Waals surface area contributed by atoms with Gasteiger partial charge in [-0.25, -0.2) is 4.39 Å². The van der Waals surface area contributed by atoms with Crippen molar-refractivity contribution in [3.8, 4) is 0 Å². The second kappa shape index (κ2) is 5.13. The Labute approximate surface area is 100 Å². The fraction of sp³-hybridized carbons (Fsp3) is 0.500. The molecular formula is C12H16ClFN2.